The molecule has 4 nitrogen and oxygen atoms in total. The molecule has 0 amide bonds. The fraction of sp³-hybridized carbons (Fsp3) is 0.562. The highest BCUT2D eigenvalue weighted by Gasteiger charge is 2.22. The molecule has 1 unspecified atom stereocenters. The molecule has 124 valence electrons. The summed E-state index contributed by atoms with van der Waals surface area (Å²) in [5.41, 5.74) is 0. The Morgan fingerprint density at radius 2 is 2.09 bits per heavy atom. The van der Waals surface area contributed by atoms with Crippen molar-refractivity contribution < 1.29 is 9.13 Å². The van der Waals surface area contributed by atoms with E-state index in [9.17, 15) is 4.39 Å². The summed E-state index contributed by atoms with van der Waals surface area (Å²) >= 11 is 0. The summed E-state index contributed by atoms with van der Waals surface area (Å²) in [6.45, 7) is 5.38. The van der Waals surface area contributed by atoms with E-state index in [4.69, 9.17) is 4.74 Å². The van der Waals surface area contributed by atoms with Crippen molar-refractivity contribution in [3.63, 3.8) is 0 Å². The van der Waals surface area contributed by atoms with Gasteiger partial charge in [-0.05, 0) is 38.3 Å². The van der Waals surface area contributed by atoms with Crippen molar-refractivity contribution >= 4 is 29.9 Å². The Hall–Kier alpha value is -1.05. The maximum absolute atomic E-state index is 13.6. The Bertz CT molecular complexity index is 480. The molecule has 2 N–H and O–H groups in total. The molecule has 0 spiro atoms. The third-order valence-electron chi connectivity index (χ3n) is 3.30. The minimum Gasteiger partial charge on any atom is -0.485 e. The third-order valence-corrected chi connectivity index (χ3v) is 3.30. The lowest BCUT2D eigenvalue weighted by molar-refractivity contribution is 0.196. The molecule has 0 aromatic heterocycles. The van der Waals surface area contributed by atoms with Gasteiger partial charge in [0.25, 0.3) is 0 Å². The summed E-state index contributed by atoms with van der Waals surface area (Å²) in [4.78, 5) is 4.54. The average molecular weight is 421 g/mol. The van der Waals surface area contributed by atoms with Gasteiger partial charge >= 0.3 is 0 Å². The number of hydrogen-bond donors (Lipinski definition) is 2. The molecule has 1 aromatic rings. The summed E-state index contributed by atoms with van der Waals surface area (Å²) in [6, 6.07) is 7.03. The molecule has 1 fully saturated rings. The third kappa shape index (κ3) is 6.37. The Balaban J connectivity index is 0.00000242. The van der Waals surface area contributed by atoms with E-state index in [1.807, 2.05) is 13.8 Å². The molecule has 0 saturated heterocycles. The fourth-order valence-electron chi connectivity index (χ4n) is 1.90. The Morgan fingerprint density at radius 3 is 2.68 bits per heavy atom. The van der Waals surface area contributed by atoms with Crippen LogP contribution in [0.15, 0.2) is 29.3 Å². The van der Waals surface area contributed by atoms with Gasteiger partial charge < -0.3 is 15.4 Å². The van der Waals surface area contributed by atoms with Crippen LogP contribution in [0.25, 0.3) is 0 Å². The summed E-state index contributed by atoms with van der Waals surface area (Å²) in [5, 5.41) is 6.57. The average Bonchev–Trinajstić information content (AvgIpc) is 3.29. The molecule has 2 rings (SSSR count). The van der Waals surface area contributed by atoms with Crippen molar-refractivity contribution in [3.05, 3.63) is 30.1 Å². The van der Waals surface area contributed by atoms with Crippen molar-refractivity contribution in [1.82, 2.24) is 10.6 Å². The molecular weight excluding hydrogens is 396 g/mol. The number of rotatable bonds is 7. The molecule has 1 saturated carbocycles. The van der Waals surface area contributed by atoms with Gasteiger partial charge in [-0.15, -0.1) is 24.0 Å². The molecule has 0 heterocycles. The lowest BCUT2D eigenvalue weighted by Gasteiger charge is -2.17. The molecular formula is C16H25FIN3O. The maximum atomic E-state index is 13.6. The minimum absolute atomic E-state index is 0. The molecule has 22 heavy (non-hydrogen) atoms. The number of para-hydroxylation sites is 1. The molecule has 1 aliphatic rings. The first-order valence-corrected chi connectivity index (χ1v) is 7.69. The van der Waals surface area contributed by atoms with Crippen LogP contribution in [-0.2, 0) is 0 Å². The van der Waals surface area contributed by atoms with E-state index in [1.54, 1.807) is 18.2 Å². The van der Waals surface area contributed by atoms with Gasteiger partial charge in [0.1, 0.15) is 6.10 Å². The predicted octanol–water partition coefficient (Wildman–Crippen LogP) is 3.32. The quantitative estimate of drug-likeness (QED) is 0.404. The first kappa shape index (κ1) is 19.0. The molecule has 6 heteroatoms. The van der Waals surface area contributed by atoms with Crippen molar-refractivity contribution in [3.8, 4) is 5.75 Å². The number of ether oxygens (including phenoxy) is 1. The summed E-state index contributed by atoms with van der Waals surface area (Å²) in [6.07, 6.45) is 3.05. The van der Waals surface area contributed by atoms with E-state index < -0.39 is 0 Å². The zero-order chi connectivity index (χ0) is 15.1. The molecule has 0 aliphatic heterocycles. The standard InChI is InChI=1S/C16H24FN3O.HI/c1-3-13(21-15-8-6-5-7-14(15)17)11-19-16(18-4-2)20-12-9-10-12;/h5-8,12-13H,3-4,9-11H2,1-2H3,(H2,18,19,20);1H. The lowest BCUT2D eigenvalue weighted by Crippen LogP contribution is -2.39. The number of nitrogens with zero attached hydrogens (tertiary/aromatic N) is 1. The second-order valence-electron chi connectivity index (χ2n) is 5.22. The van der Waals surface area contributed by atoms with Crippen LogP contribution in [0.2, 0.25) is 0 Å². The van der Waals surface area contributed by atoms with Crippen LogP contribution in [0.5, 0.6) is 5.75 Å². The van der Waals surface area contributed by atoms with Crippen LogP contribution >= 0.6 is 24.0 Å². The van der Waals surface area contributed by atoms with Crippen molar-refractivity contribution in [2.24, 2.45) is 4.99 Å². The first-order chi connectivity index (χ1) is 10.2. The Morgan fingerprint density at radius 1 is 1.36 bits per heavy atom. The van der Waals surface area contributed by atoms with Crippen LogP contribution in [0.3, 0.4) is 0 Å². The highest BCUT2D eigenvalue weighted by Crippen LogP contribution is 2.19. The number of halogens is 2. The van der Waals surface area contributed by atoms with Crippen LogP contribution < -0.4 is 15.4 Å². The van der Waals surface area contributed by atoms with Crippen LogP contribution in [-0.4, -0.2) is 31.2 Å². The molecule has 1 aromatic carbocycles. The van der Waals surface area contributed by atoms with Crippen molar-refractivity contribution in [2.75, 3.05) is 13.1 Å². The number of nitrogens with one attached hydrogen (secondary N) is 2. The van der Waals surface area contributed by atoms with Crippen molar-refractivity contribution in [1.29, 1.82) is 0 Å². The van der Waals surface area contributed by atoms with Crippen LogP contribution in [0.1, 0.15) is 33.1 Å². The summed E-state index contributed by atoms with van der Waals surface area (Å²) in [5.74, 6) is 0.776. The number of aliphatic imine (C=N–C) groups is 1. The van der Waals surface area contributed by atoms with E-state index in [2.05, 4.69) is 15.6 Å². The first-order valence-electron chi connectivity index (χ1n) is 7.69. The van der Waals surface area contributed by atoms with E-state index in [0.29, 0.717) is 18.3 Å². The largest absolute Gasteiger partial charge is 0.485 e. The number of benzene rings is 1. The number of hydrogen-bond acceptors (Lipinski definition) is 2. The minimum atomic E-state index is -0.331. The maximum Gasteiger partial charge on any atom is 0.191 e. The van der Waals surface area contributed by atoms with Gasteiger partial charge in [0.15, 0.2) is 17.5 Å². The van der Waals surface area contributed by atoms with Gasteiger partial charge in [-0.2, -0.15) is 0 Å². The molecule has 0 bridgehead atoms. The van der Waals surface area contributed by atoms with Gasteiger partial charge in [0.05, 0.1) is 6.54 Å². The Kier molecular flexibility index (Phi) is 8.52. The second-order valence-corrected chi connectivity index (χ2v) is 5.22. The van der Waals surface area contributed by atoms with Gasteiger partial charge in [-0.1, -0.05) is 19.1 Å². The van der Waals surface area contributed by atoms with Gasteiger partial charge in [-0.3, -0.25) is 0 Å². The summed E-state index contributed by atoms with van der Waals surface area (Å²) in [7, 11) is 0. The van der Waals surface area contributed by atoms with E-state index in [1.165, 1.54) is 18.9 Å². The molecule has 1 aliphatic carbocycles. The smallest absolute Gasteiger partial charge is 0.191 e. The lowest BCUT2D eigenvalue weighted by atomic mass is 10.2. The van der Waals surface area contributed by atoms with E-state index in [0.717, 1.165) is 18.9 Å². The topological polar surface area (TPSA) is 45.7 Å². The van der Waals surface area contributed by atoms with Gasteiger partial charge in [-0.25, -0.2) is 9.38 Å². The SMILES string of the molecule is CCNC(=NCC(CC)Oc1ccccc1F)NC1CC1.I. The zero-order valence-electron chi connectivity index (χ0n) is 13.1. The zero-order valence-corrected chi connectivity index (χ0v) is 15.5. The van der Waals surface area contributed by atoms with Gasteiger partial charge in [0, 0.05) is 12.6 Å². The predicted molar refractivity (Wildman–Crippen MR) is 98.7 cm³/mol. The second kappa shape index (κ2) is 9.86. The van der Waals surface area contributed by atoms with E-state index >= 15 is 0 Å². The van der Waals surface area contributed by atoms with E-state index in [-0.39, 0.29) is 35.9 Å². The Labute approximate surface area is 148 Å². The number of guanidine groups is 1. The molecule has 1 atom stereocenters. The summed E-state index contributed by atoms with van der Waals surface area (Å²) < 4.78 is 19.3. The molecule has 0 radical (unpaired) electrons. The highest BCUT2D eigenvalue weighted by atomic mass is 127. The highest BCUT2D eigenvalue weighted by molar-refractivity contribution is 14.0. The van der Waals surface area contributed by atoms with Crippen LogP contribution in [0, 0.1) is 5.82 Å². The normalized spacial score (nSPS) is 15.7. The van der Waals surface area contributed by atoms with Gasteiger partial charge in [0.2, 0.25) is 0 Å². The van der Waals surface area contributed by atoms with Crippen LogP contribution in [0.4, 0.5) is 4.39 Å². The van der Waals surface area contributed by atoms with Crippen molar-refractivity contribution in [2.45, 2.75) is 45.3 Å². The fourth-order valence-corrected chi connectivity index (χ4v) is 1.90. The monoisotopic (exact) mass is 421 g/mol.